The first-order chi connectivity index (χ1) is 9.99. The van der Waals surface area contributed by atoms with Gasteiger partial charge in [-0.2, -0.15) is 0 Å². The Hall–Kier alpha value is -2.96. The summed E-state index contributed by atoms with van der Waals surface area (Å²) < 4.78 is 13.6. The van der Waals surface area contributed by atoms with E-state index in [4.69, 9.17) is 5.11 Å². The Morgan fingerprint density at radius 1 is 1.24 bits per heavy atom. The van der Waals surface area contributed by atoms with E-state index in [0.717, 1.165) is 4.90 Å². The van der Waals surface area contributed by atoms with Crippen molar-refractivity contribution < 1.29 is 19.1 Å². The van der Waals surface area contributed by atoms with E-state index in [1.54, 1.807) is 6.07 Å². The van der Waals surface area contributed by atoms with Crippen LogP contribution in [0.2, 0.25) is 0 Å². The zero-order chi connectivity index (χ0) is 15.4. The lowest BCUT2D eigenvalue weighted by Crippen LogP contribution is -2.31. The molecule has 1 aromatic heterocycles. The van der Waals surface area contributed by atoms with Crippen LogP contribution in [0.4, 0.5) is 20.6 Å². The number of aromatic carboxylic acids is 1. The van der Waals surface area contributed by atoms with Crippen LogP contribution in [-0.2, 0) is 0 Å². The van der Waals surface area contributed by atoms with Crippen LogP contribution < -0.4 is 10.2 Å². The lowest BCUT2D eigenvalue weighted by molar-refractivity contribution is 0.0690. The van der Waals surface area contributed by atoms with Crippen LogP contribution in [0.5, 0.6) is 0 Å². The van der Waals surface area contributed by atoms with E-state index < -0.39 is 17.8 Å². The number of hydrogen-bond donors (Lipinski definition) is 2. The number of rotatable bonds is 3. The molecule has 2 rings (SSSR count). The molecule has 6 nitrogen and oxygen atoms in total. The fourth-order valence-electron chi connectivity index (χ4n) is 1.63. The van der Waals surface area contributed by atoms with Crippen molar-refractivity contribution in [3.8, 4) is 0 Å². The normalized spacial score (nSPS) is 10.0. The molecule has 2 N–H and O–H groups in total. The molecule has 2 amide bonds. The number of urea groups is 1. The molecule has 7 heteroatoms. The van der Waals surface area contributed by atoms with Crippen LogP contribution in [0.1, 0.15) is 10.5 Å². The second-order valence-electron chi connectivity index (χ2n) is 4.18. The molecule has 0 saturated heterocycles. The topological polar surface area (TPSA) is 82.5 Å². The molecule has 0 bridgehead atoms. The van der Waals surface area contributed by atoms with Crippen LogP contribution in [0, 0.1) is 5.82 Å². The van der Waals surface area contributed by atoms with Crippen molar-refractivity contribution in [2.75, 3.05) is 17.3 Å². The Bertz CT molecular complexity index is 673. The number of carboxylic acids is 1. The molecular weight excluding hydrogens is 277 g/mol. The van der Waals surface area contributed by atoms with Gasteiger partial charge in [-0.3, -0.25) is 4.90 Å². The monoisotopic (exact) mass is 289 g/mol. The van der Waals surface area contributed by atoms with E-state index >= 15 is 0 Å². The minimum atomic E-state index is -1.16. The van der Waals surface area contributed by atoms with E-state index in [0.29, 0.717) is 5.69 Å². The quantitative estimate of drug-likeness (QED) is 0.909. The number of halogens is 1. The molecule has 1 aromatic carbocycles. The largest absolute Gasteiger partial charge is 0.477 e. The van der Waals surface area contributed by atoms with E-state index in [-0.39, 0.29) is 11.4 Å². The summed E-state index contributed by atoms with van der Waals surface area (Å²) in [5, 5.41) is 11.2. The average Bonchev–Trinajstić information content (AvgIpc) is 2.47. The van der Waals surface area contributed by atoms with Crippen molar-refractivity contribution in [1.29, 1.82) is 0 Å². The number of aromatic nitrogens is 1. The van der Waals surface area contributed by atoms with Gasteiger partial charge in [-0.25, -0.2) is 19.0 Å². The van der Waals surface area contributed by atoms with E-state index in [1.165, 1.54) is 43.6 Å². The number of nitrogens with zero attached hydrogens (tertiary/aromatic N) is 2. The fraction of sp³-hybridized carbons (Fsp3) is 0.0714. The second kappa shape index (κ2) is 6.00. The number of hydrogen-bond acceptors (Lipinski definition) is 3. The molecule has 0 spiro atoms. The minimum absolute atomic E-state index is 0.129. The molecule has 2 aromatic rings. The van der Waals surface area contributed by atoms with Gasteiger partial charge >= 0.3 is 12.0 Å². The van der Waals surface area contributed by atoms with Crippen LogP contribution in [-0.4, -0.2) is 29.1 Å². The maximum Gasteiger partial charge on any atom is 0.354 e. The van der Waals surface area contributed by atoms with Crippen molar-refractivity contribution in [2.45, 2.75) is 0 Å². The molecule has 0 unspecified atom stereocenters. The Balaban J connectivity index is 2.11. The molecule has 0 aliphatic rings. The molecule has 0 saturated carbocycles. The van der Waals surface area contributed by atoms with Crippen molar-refractivity contribution in [2.24, 2.45) is 0 Å². The molecule has 0 aliphatic heterocycles. The Kier molecular flexibility index (Phi) is 4.13. The summed E-state index contributed by atoms with van der Waals surface area (Å²) in [6.45, 7) is 0. The molecule has 108 valence electrons. The average molecular weight is 289 g/mol. The van der Waals surface area contributed by atoms with Gasteiger partial charge in [0.15, 0.2) is 0 Å². The number of carbonyl (C=O) groups is 2. The second-order valence-corrected chi connectivity index (χ2v) is 4.18. The van der Waals surface area contributed by atoms with E-state index in [9.17, 15) is 14.0 Å². The van der Waals surface area contributed by atoms with E-state index in [2.05, 4.69) is 10.3 Å². The summed E-state index contributed by atoms with van der Waals surface area (Å²) in [5.74, 6) is -1.68. The Morgan fingerprint density at radius 2 is 1.95 bits per heavy atom. The highest BCUT2D eigenvalue weighted by Gasteiger charge is 2.14. The van der Waals surface area contributed by atoms with Gasteiger partial charge in [-0.1, -0.05) is 12.1 Å². The lowest BCUT2D eigenvalue weighted by Gasteiger charge is -2.18. The zero-order valence-corrected chi connectivity index (χ0v) is 11.1. The van der Waals surface area contributed by atoms with Gasteiger partial charge in [0.05, 0.1) is 17.6 Å². The number of para-hydroxylation sites is 1. The van der Waals surface area contributed by atoms with Gasteiger partial charge in [-0.15, -0.1) is 0 Å². The number of benzene rings is 1. The van der Waals surface area contributed by atoms with Gasteiger partial charge in [0.25, 0.3) is 0 Å². The summed E-state index contributed by atoms with van der Waals surface area (Å²) >= 11 is 0. The molecule has 0 aliphatic carbocycles. The van der Waals surface area contributed by atoms with Gasteiger partial charge in [-0.05, 0) is 24.3 Å². The molecular formula is C14H12FN3O3. The maximum atomic E-state index is 13.6. The molecule has 0 atom stereocenters. The molecule has 0 fully saturated rings. The first-order valence-corrected chi connectivity index (χ1v) is 5.97. The summed E-state index contributed by atoms with van der Waals surface area (Å²) in [5.41, 5.74) is 0.314. The fourth-order valence-corrected chi connectivity index (χ4v) is 1.63. The van der Waals surface area contributed by atoms with Crippen molar-refractivity contribution in [3.63, 3.8) is 0 Å². The number of carboxylic acid groups (broad SMARTS) is 1. The van der Waals surface area contributed by atoms with Crippen molar-refractivity contribution in [1.82, 2.24) is 4.98 Å². The predicted octanol–water partition coefficient (Wildman–Crippen LogP) is 2.59. The lowest BCUT2D eigenvalue weighted by atomic mass is 10.3. The first kappa shape index (κ1) is 14.4. The summed E-state index contributed by atoms with van der Waals surface area (Å²) in [6, 6.07) is 7.97. The maximum absolute atomic E-state index is 13.6. The van der Waals surface area contributed by atoms with Crippen LogP contribution >= 0.6 is 0 Å². The highest BCUT2D eigenvalue weighted by molar-refractivity contribution is 6.01. The van der Waals surface area contributed by atoms with Crippen molar-refractivity contribution in [3.05, 3.63) is 54.1 Å². The third-order valence-corrected chi connectivity index (χ3v) is 2.75. The third kappa shape index (κ3) is 3.33. The minimum Gasteiger partial charge on any atom is -0.477 e. The van der Waals surface area contributed by atoms with Gasteiger partial charge in [0.2, 0.25) is 0 Å². The number of pyridine rings is 1. The van der Waals surface area contributed by atoms with Crippen LogP contribution in [0.25, 0.3) is 0 Å². The zero-order valence-electron chi connectivity index (χ0n) is 11.1. The number of nitrogens with one attached hydrogen (secondary N) is 1. The highest BCUT2D eigenvalue weighted by atomic mass is 19.1. The van der Waals surface area contributed by atoms with Gasteiger partial charge in [0, 0.05) is 7.05 Å². The number of carbonyl (C=O) groups excluding carboxylic acids is 1. The number of anilines is 2. The summed E-state index contributed by atoms with van der Waals surface area (Å²) in [6.07, 6.45) is 1.22. The summed E-state index contributed by atoms with van der Waals surface area (Å²) in [7, 11) is 1.42. The predicted molar refractivity (Wildman–Crippen MR) is 75.0 cm³/mol. The SMILES string of the molecule is CN(C(=O)Nc1ccc(C(=O)O)nc1)c1ccccc1F. The van der Waals surface area contributed by atoms with Crippen molar-refractivity contribution >= 4 is 23.4 Å². The molecule has 0 radical (unpaired) electrons. The highest BCUT2D eigenvalue weighted by Crippen LogP contribution is 2.18. The smallest absolute Gasteiger partial charge is 0.354 e. The third-order valence-electron chi connectivity index (χ3n) is 2.75. The Morgan fingerprint density at radius 3 is 2.52 bits per heavy atom. The molecule has 21 heavy (non-hydrogen) atoms. The summed E-state index contributed by atoms with van der Waals surface area (Å²) in [4.78, 5) is 27.4. The standard InChI is InChI=1S/C14H12FN3O3/c1-18(12-5-3-2-4-10(12)15)14(21)17-9-6-7-11(13(19)20)16-8-9/h2-8H,1H3,(H,17,21)(H,19,20). The van der Waals surface area contributed by atoms with Gasteiger partial charge in [0.1, 0.15) is 11.5 Å². The molecule has 1 heterocycles. The van der Waals surface area contributed by atoms with Gasteiger partial charge < -0.3 is 10.4 Å². The van der Waals surface area contributed by atoms with Crippen LogP contribution in [0.3, 0.4) is 0 Å². The Labute approximate surface area is 119 Å². The number of amides is 2. The van der Waals surface area contributed by atoms with E-state index in [1.807, 2.05) is 0 Å². The first-order valence-electron chi connectivity index (χ1n) is 5.97. The van der Waals surface area contributed by atoms with Crippen LogP contribution in [0.15, 0.2) is 42.6 Å².